The quantitative estimate of drug-likeness (QED) is 0.699. The minimum absolute atomic E-state index is 0.108. The van der Waals surface area contributed by atoms with Gasteiger partial charge in [0.15, 0.2) is 0 Å². The van der Waals surface area contributed by atoms with Crippen LogP contribution in [0.4, 0.5) is 0 Å². The van der Waals surface area contributed by atoms with E-state index in [1.54, 1.807) is 0 Å². The summed E-state index contributed by atoms with van der Waals surface area (Å²) in [5.74, 6) is -0.108. The van der Waals surface area contributed by atoms with Crippen LogP contribution in [0, 0.1) is 0 Å². The van der Waals surface area contributed by atoms with Gasteiger partial charge in [0.1, 0.15) is 0 Å². The lowest BCUT2D eigenvalue weighted by atomic mass is 10.1. The van der Waals surface area contributed by atoms with Gasteiger partial charge in [-0.1, -0.05) is 30.3 Å². The fourth-order valence-electron chi connectivity index (χ4n) is 1.70. The summed E-state index contributed by atoms with van der Waals surface area (Å²) in [6.07, 6.45) is 1.65. The summed E-state index contributed by atoms with van der Waals surface area (Å²) < 4.78 is 5.35. The number of hydrogen-bond acceptors (Lipinski definition) is 3. The van der Waals surface area contributed by atoms with Crippen molar-refractivity contribution in [3.63, 3.8) is 0 Å². The molecular weight excluding hydrogens is 240 g/mol. The molecular formula is C15H24N2O2. The van der Waals surface area contributed by atoms with Gasteiger partial charge in [-0.3, -0.25) is 4.79 Å². The Morgan fingerprint density at radius 1 is 1.32 bits per heavy atom. The first-order valence-corrected chi connectivity index (χ1v) is 6.78. The third-order valence-corrected chi connectivity index (χ3v) is 2.78. The smallest absolute Gasteiger partial charge is 0.237 e. The molecule has 0 saturated carbocycles. The highest BCUT2D eigenvalue weighted by molar-refractivity contribution is 5.81. The van der Waals surface area contributed by atoms with E-state index in [1.165, 1.54) is 5.56 Å². The van der Waals surface area contributed by atoms with Crippen molar-refractivity contribution in [1.29, 1.82) is 0 Å². The molecule has 1 aromatic rings. The fourth-order valence-corrected chi connectivity index (χ4v) is 1.70. The zero-order valence-electron chi connectivity index (χ0n) is 11.8. The molecule has 0 saturated heterocycles. The van der Waals surface area contributed by atoms with Crippen LogP contribution in [-0.4, -0.2) is 31.2 Å². The minimum atomic E-state index is -0.459. The number of benzene rings is 1. The molecule has 0 fully saturated rings. The lowest BCUT2D eigenvalue weighted by Crippen LogP contribution is -2.42. The molecule has 19 heavy (non-hydrogen) atoms. The molecule has 1 unspecified atom stereocenters. The molecule has 106 valence electrons. The first-order chi connectivity index (χ1) is 9.09. The van der Waals surface area contributed by atoms with Gasteiger partial charge in [0.2, 0.25) is 5.91 Å². The molecule has 0 aliphatic rings. The fraction of sp³-hybridized carbons (Fsp3) is 0.533. The summed E-state index contributed by atoms with van der Waals surface area (Å²) in [5, 5.41) is 2.79. The van der Waals surface area contributed by atoms with Crippen molar-refractivity contribution < 1.29 is 9.53 Å². The van der Waals surface area contributed by atoms with Crippen LogP contribution >= 0.6 is 0 Å². The normalized spacial score (nSPS) is 12.4. The average Bonchev–Trinajstić information content (AvgIpc) is 2.41. The van der Waals surface area contributed by atoms with Crippen LogP contribution in [0.25, 0.3) is 0 Å². The Bertz CT molecular complexity index is 366. The van der Waals surface area contributed by atoms with Gasteiger partial charge < -0.3 is 15.8 Å². The average molecular weight is 264 g/mol. The molecule has 1 amide bonds. The molecule has 1 atom stereocenters. The van der Waals surface area contributed by atoms with Gasteiger partial charge in [-0.2, -0.15) is 0 Å². The first-order valence-electron chi connectivity index (χ1n) is 6.78. The largest absolute Gasteiger partial charge is 0.377 e. The predicted molar refractivity (Wildman–Crippen MR) is 76.8 cm³/mol. The Morgan fingerprint density at radius 2 is 2.00 bits per heavy atom. The van der Waals surface area contributed by atoms with Crippen LogP contribution in [0.1, 0.15) is 25.8 Å². The molecule has 0 radical (unpaired) electrons. The minimum Gasteiger partial charge on any atom is -0.377 e. The molecule has 3 N–H and O–H groups in total. The molecule has 0 bridgehead atoms. The summed E-state index contributed by atoms with van der Waals surface area (Å²) in [6, 6.07) is 9.58. The number of aryl methyl sites for hydroxylation is 1. The van der Waals surface area contributed by atoms with E-state index < -0.39 is 6.04 Å². The second-order valence-corrected chi connectivity index (χ2v) is 4.84. The number of amides is 1. The van der Waals surface area contributed by atoms with Crippen LogP contribution in [0.15, 0.2) is 30.3 Å². The third-order valence-electron chi connectivity index (χ3n) is 2.78. The Morgan fingerprint density at radius 3 is 2.63 bits per heavy atom. The Kier molecular flexibility index (Phi) is 7.15. The number of hydrogen-bond donors (Lipinski definition) is 2. The van der Waals surface area contributed by atoms with Gasteiger partial charge in [0.25, 0.3) is 0 Å². The molecule has 0 heterocycles. The molecule has 0 aliphatic heterocycles. The molecule has 0 aromatic heterocycles. The highest BCUT2D eigenvalue weighted by Crippen LogP contribution is 2.03. The van der Waals surface area contributed by atoms with Gasteiger partial charge >= 0.3 is 0 Å². The second-order valence-electron chi connectivity index (χ2n) is 4.84. The van der Waals surface area contributed by atoms with Crippen molar-refractivity contribution >= 4 is 5.91 Å². The van der Waals surface area contributed by atoms with E-state index in [-0.39, 0.29) is 12.0 Å². The number of nitrogens with one attached hydrogen (secondary N) is 1. The lowest BCUT2D eigenvalue weighted by Gasteiger charge is -2.13. The zero-order chi connectivity index (χ0) is 14.1. The van der Waals surface area contributed by atoms with Crippen LogP contribution in [0.2, 0.25) is 0 Å². The highest BCUT2D eigenvalue weighted by atomic mass is 16.5. The van der Waals surface area contributed by atoms with E-state index in [1.807, 2.05) is 44.2 Å². The molecule has 4 heteroatoms. The van der Waals surface area contributed by atoms with Gasteiger partial charge in [-0.25, -0.2) is 0 Å². The van der Waals surface area contributed by atoms with Crippen molar-refractivity contribution in [3.05, 3.63) is 35.9 Å². The van der Waals surface area contributed by atoms with Crippen molar-refractivity contribution in [3.8, 4) is 0 Å². The number of rotatable bonds is 8. The Labute approximate surface area is 115 Å². The molecule has 0 aliphatic carbocycles. The van der Waals surface area contributed by atoms with Crippen LogP contribution in [0.3, 0.4) is 0 Å². The summed E-state index contributed by atoms with van der Waals surface area (Å²) >= 11 is 0. The third kappa shape index (κ3) is 6.94. The standard InChI is InChI=1S/C15H24N2O2/c1-12(2)19-11-10-17-15(18)14(16)9-8-13-6-4-3-5-7-13/h3-7,12,14H,8-11,16H2,1-2H3,(H,17,18). The first kappa shape index (κ1) is 15.7. The van der Waals surface area contributed by atoms with Gasteiger partial charge in [-0.05, 0) is 32.3 Å². The molecule has 0 spiro atoms. The van der Waals surface area contributed by atoms with Crippen molar-refractivity contribution in [2.24, 2.45) is 5.73 Å². The summed E-state index contributed by atoms with van der Waals surface area (Å²) in [6.45, 7) is 4.96. The van der Waals surface area contributed by atoms with Gasteiger partial charge in [0.05, 0.1) is 18.8 Å². The lowest BCUT2D eigenvalue weighted by molar-refractivity contribution is -0.122. The van der Waals surface area contributed by atoms with E-state index in [9.17, 15) is 4.79 Å². The van der Waals surface area contributed by atoms with E-state index in [0.29, 0.717) is 19.6 Å². The Balaban J connectivity index is 2.18. The topological polar surface area (TPSA) is 64.3 Å². The summed E-state index contributed by atoms with van der Waals surface area (Å²) in [4.78, 5) is 11.7. The maximum absolute atomic E-state index is 11.7. The maximum Gasteiger partial charge on any atom is 0.237 e. The van der Waals surface area contributed by atoms with Crippen molar-refractivity contribution in [1.82, 2.24) is 5.32 Å². The van der Waals surface area contributed by atoms with E-state index >= 15 is 0 Å². The van der Waals surface area contributed by atoms with Crippen LogP contribution in [-0.2, 0) is 16.0 Å². The van der Waals surface area contributed by atoms with E-state index in [4.69, 9.17) is 10.5 Å². The zero-order valence-corrected chi connectivity index (χ0v) is 11.8. The van der Waals surface area contributed by atoms with Crippen molar-refractivity contribution in [2.75, 3.05) is 13.2 Å². The number of carbonyl (C=O) groups is 1. The number of ether oxygens (including phenoxy) is 1. The monoisotopic (exact) mass is 264 g/mol. The van der Waals surface area contributed by atoms with E-state index in [0.717, 1.165) is 6.42 Å². The molecule has 4 nitrogen and oxygen atoms in total. The summed E-state index contributed by atoms with van der Waals surface area (Å²) in [5.41, 5.74) is 7.06. The molecule has 1 rings (SSSR count). The number of carbonyl (C=O) groups excluding carboxylic acids is 1. The second kappa shape index (κ2) is 8.67. The van der Waals surface area contributed by atoms with Crippen LogP contribution < -0.4 is 11.1 Å². The van der Waals surface area contributed by atoms with Crippen molar-refractivity contribution in [2.45, 2.75) is 38.8 Å². The van der Waals surface area contributed by atoms with Crippen LogP contribution in [0.5, 0.6) is 0 Å². The SMILES string of the molecule is CC(C)OCCNC(=O)C(N)CCc1ccccc1. The summed E-state index contributed by atoms with van der Waals surface area (Å²) in [7, 11) is 0. The Hall–Kier alpha value is -1.39. The maximum atomic E-state index is 11.7. The predicted octanol–water partition coefficient (Wildman–Crippen LogP) is 1.49. The van der Waals surface area contributed by atoms with Gasteiger partial charge in [0, 0.05) is 6.54 Å². The van der Waals surface area contributed by atoms with E-state index in [2.05, 4.69) is 5.32 Å². The van der Waals surface area contributed by atoms with Gasteiger partial charge in [-0.15, -0.1) is 0 Å². The number of nitrogens with two attached hydrogens (primary N) is 1. The highest BCUT2D eigenvalue weighted by Gasteiger charge is 2.12. The molecule has 1 aromatic carbocycles.